The van der Waals surface area contributed by atoms with Gasteiger partial charge in [-0.1, -0.05) is 60.7 Å². The van der Waals surface area contributed by atoms with Crippen LogP contribution in [0.25, 0.3) is 0 Å². The summed E-state index contributed by atoms with van der Waals surface area (Å²) in [7, 11) is 3.08. The Labute approximate surface area is 130 Å². The fraction of sp³-hybridized carbons (Fsp3) is 0.278. The molecule has 0 aliphatic heterocycles. The minimum absolute atomic E-state index is 0.400. The molecule has 0 aliphatic rings. The molecule has 0 saturated heterocycles. The fourth-order valence-corrected chi connectivity index (χ4v) is 2.51. The summed E-state index contributed by atoms with van der Waals surface area (Å²) in [5, 5.41) is 0. The molecule has 22 heavy (non-hydrogen) atoms. The number of benzene rings is 2. The van der Waals surface area contributed by atoms with E-state index >= 15 is 0 Å². The molecular formula is C18H20O4. The van der Waals surface area contributed by atoms with Gasteiger partial charge in [0.05, 0.1) is 0 Å². The first-order valence-electron chi connectivity index (χ1n) is 7.02. The van der Waals surface area contributed by atoms with Crippen LogP contribution in [0, 0.1) is 0 Å². The Kier molecular flexibility index (Phi) is 5.31. The van der Waals surface area contributed by atoms with Gasteiger partial charge in [-0.3, -0.25) is 4.79 Å². The van der Waals surface area contributed by atoms with Gasteiger partial charge in [0, 0.05) is 26.7 Å². The lowest BCUT2D eigenvalue weighted by Crippen LogP contribution is -2.40. The van der Waals surface area contributed by atoms with Crippen LogP contribution in [-0.2, 0) is 24.8 Å². The summed E-state index contributed by atoms with van der Waals surface area (Å²) in [6.45, 7) is 1.37. The van der Waals surface area contributed by atoms with Gasteiger partial charge in [-0.2, -0.15) is 0 Å². The van der Waals surface area contributed by atoms with E-state index in [-0.39, 0.29) is 0 Å². The van der Waals surface area contributed by atoms with Crippen molar-refractivity contribution in [2.75, 3.05) is 14.2 Å². The SMILES string of the molecule is COC(OC)(c1ccccc1)C(OC(C)=O)c1ccccc1. The van der Waals surface area contributed by atoms with E-state index in [2.05, 4.69) is 0 Å². The van der Waals surface area contributed by atoms with Crippen LogP contribution in [0.15, 0.2) is 60.7 Å². The number of esters is 1. The van der Waals surface area contributed by atoms with E-state index in [0.717, 1.165) is 11.1 Å². The number of hydrogen-bond donors (Lipinski definition) is 0. The first-order valence-corrected chi connectivity index (χ1v) is 7.02. The van der Waals surface area contributed by atoms with E-state index in [0.29, 0.717) is 0 Å². The molecule has 4 nitrogen and oxygen atoms in total. The van der Waals surface area contributed by atoms with Crippen LogP contribution in [-0.4, -0.2) is 20.2 Å². The van der Waals surface area contributed by atoms with Crippen LogP contribution in [0.5, 0.6) is 0 Å². The number of hydrogen-bond acceptors (Lipinski definition) is 4. The van der Waals surface area contributed by atoms with Gasteiger partial charge in [0.2, 0.25) is 5.79 Å². The van der Waals surface area contributed by atoms with Gasteiger partial charge >= 0.3 is 5.97 Å². The first-order chi connectivity index (χ1) is 10.6. The topological polar surface area (TPSA) is 44.8 Å². The van der Waals surface area contributed by atoms with Gasteiger partial charge in [0.15, 0.2) is 6.10 Å². The molecule has 0 aromatic heterocycles. The molecule has 0 heterocycles. The largest absolute Gasteiger partial charge is 0.451 e. The second-order valence-corrected chi connectivity index (χ2v) is 4.84. The smallest absolute Gasteiger partial charge is 0.303 e. The molecule has 4 heteroatoms. The Hall–Kier alpha value is -2.17. The molecule has 0 bridgehead atoms. The molecule has 2 aromatic rings. The number of methoxy groups -OCH3 is 2. The van der Waals surface area contributed by atoms with E-state index in [1.807, 2.05) is 60.7 Å². The van der Waals surface area contributed by atoms with E-state index in [1.54, 1.807) is 0 Å². The summed E-state index contributed by atoms with van der Waals surface area (Å²) in [5.74, 6) is -1.61. The third-order valence-corrected chi connectivity index (χ3v) is 3.51. The normalized spacial score (nSPS) is 12.7. The van der Waals surface area contributed by atoms with Crippen molar-refractivity contribution in [2.24, 2.45) is 0 Å². The zero-order valence-electron chi connectivity index (χ0n) is 13.0. The molecule has 2 rings (SSSR count). The van der Waals surface area contributed by atoms with Gasteiger partial charge in [-0.05, 0) is 5.56 Å². The van der Waals surface area contributed by atoms with E-state index in [1.165, 1.54) is 21.1 Å². The van der Waals surface area contributed by atoms with Crippen LogP contribution in [0.4, 0.5) is 0 Å². The first kappa shape index (κ1) is 16.2. The maximum absolute atomic E-state index is 11.6. The number of rotatable bonds is 6. The van der Waals surface area contributed by atoms with Crippen molar-refractivity contribution in [1.29, 1.82) is 0 Å². The quantitative estimate of drug-likeness (QED) is 0.605. The summed E-state index contributed by atoms with van der Waals surface area (Å²) in [4.78, 5) is 11.6. The second kappa shape index (κ2) is 7.20. The highest BCUT2D eigenvalue weighted by Crippen LogP contribution is 2.41. The van der Waals surface area contributed by atoms with Crippen molar-refractivity contribution >= 4 is 5.97 Å². The van der Waals surface area contributed by atoms with Crippen molar-refractivity contribution in [3.05, 3.63) is 71.8 Å². The van der Waals surface area contributed by atoms with Crippen molar-refractivity contribution in [1.82, 2.24) is 0 Å². The molecule has 0 radical (unpaired) electrons. The Balaban J connectivity index is 2.56. The fourth-order valence-electron chi connectivity index (χ4n) is 2.51. The van der Waals surface area contributed by atoms with Crippen molar-refractivity contribution in [3.8, 4) is 0 Å². The van der Waals surface area contributed by atoms with Gasteiger partial charge in [0.25, 0.3) is 0 Å². The lowest BCUT2D eigenvalue weighted by molar-refractivity contribution is -0.277. The molecular weight excluding hydrogens is 280 g/mol. The van der Waals surface area contributed by atoms with Gasteiger partial charge in [0.1, 0.15) is 0 Å². The van der Waals surface area contributed by atoms with Crippen LogP contribution < -0.4 is 0 Å². The summed E-state index contributed by atoms with van der Waals surface area (Å²) < 4.78 is 16.9. The lowest BCUT2D eigenvalue weighted by atomic mass is 9.94. The van der Waals surface area contributed by atoms with E-state index in [4.69, 9.17) is 14.2 Å². The average Bonchev–Trinajstić information content (AvgIpc) is 2.57. The average molecular weight is 300 g/mol. The van der Waals surface area contributed by atoms with Crippen LogP contribution in [0.1, 0.15) is 24.2 Å². The predicted octanol–water partition coefficient (Wildman–Crippen LogP) is 3.44. The third-order valence-electron chi connectivity index (χ3n) is 3.51. The van der Waals surface area contributed by atoms with Crippen LogP contribution in [0.2, 0.25) is 0 Å². The summed E-state index contributed by atoms with van der Waals surface area (Å²) in [6.07, 6.45) is -0.719. The Morgan fingerprint density at radius 3 is 1.86 bits per heavy atom. The van der Waals surface area contributed by atoms with Crippen molar-refractivity contribution < 1.29 is 19.0 Å². The highest BCUT2D eigenvalue weighted by molar-refractivity contribution is 5.66. The second-order valence-electron chi connectivity index (χ2n) is 4.84. The van der Waals surface area contributed by atoms with Gasteiger partial charge < -0.3 is 14.2 Å². The zero-order valence-corrected chi connectivity index (χ0v) is 13.0. The Bertz CT molecular complexity index is 591. The highest BCUT2D eigenvalue weighted by atomic mass is 16.7. The monoisotopic (exact) mass is 300 g/mol. The Morgan fingerprint density at radius 1 is 0.909 bits per heavy atom. The number of ether oxygens (including phenoxy) is 3. The van der Waals surface area contributed by atoms with E-state index < -0.39 is 17.9 Å². The highest BCUT2D eigenvalue weighted by Gasteiger charge is 2.44. The van der Waals surface area contributed by atoms with Crippen molar-refractivity contribution in [2.45, 2.75) is 18.8 Å². The molecule has 116 valence electrons. The summed E-state index contributed by atoms with van der Waals surface area (Å²) >= 11 is 0. The van der Waals surface area contributed by atoms with Crippen LogP contribution >= 0.6 is 0 Å². The van der Waals surface area contributed by atoms with Crippen LogP contribution in [0.3, 0.4) is 0 Å². The predicted molar refractivity (Wildman–Crippen MR) is 83.1 cm³/mol. The van der Waals surface area contributed by atoms with Crippen molar-refractivity contribution in [3.63, 3.8) is 0 Å². The third kappa shape index (κ3) is 3.18. The number of carbonyl (C=O) groups excluding carboxylic acids is 1. The minimum atomic E-state index is -1.21. The maximum atomic E-state index is 11.6. The summed E-state index contributed by atoms with van der Waals surface area (Å²) in [5.41, 5.74) is 1.57. The van der Waals surface area contributed by atoms with Gasteiger partial charge in [-0.15, -0.1) is 0 Å². The Morgan fingerprint density at radius 2 is 1.41 bits per heavy atom. The molecule has 1 atom stereocenters. The standard InChI is InChI=1S/C18H20O4/c1-14(19)22-17(15-10-6-4-7-11-15)18(20-2,21-3)16-12-8-5-9-13-16/h4-13,17H,1-3H3. The summed E-state index contributed by atoms with van der Waals surface area (Å²) in [6, 6.07) is 18.9. The minimum Gasteiger partial charge on any atom is -0.451 e. The molecule has 0 saturated carbocycles. The molecule has 0 N–H and O–H groups in total. The zero-order chi connectivity index (χ0) is 16.0. The maximum Gasteiger partial charge on any atom is 0.303 e. The molecule has 0 amide bonds. The molecule has 0 aliphatic carbocycles. The molecule has 0 spiro atoms. The molecule has 0 fully saturated rings. The van der Waals surface area contributed by atoms with Gasteiger partial charge in [-0.25, -0.2) is 0 Å². The van der Waals surface area contributed by atoms with E-state index in [9.17, 15) is 4.79 Å². The number of carbonyl (C=O) groups is 1. The lowest BCUT2D eigenvalue weighted by Gasteiger charge is -2.37. The molecule has 2 aromatic carbocycles. The molecule has 1 unspecified atom stereocenters.